The van der Waals surface area contributed by atoms with E-state index in [1.165, 1.54) is 24.3 Å². The lowest BCUT2D eigenvalue weighted by molar-refractivity contribution is -0.274. The highest BCUT2D eigenvalue weighted by Gasteiger charge is 2.32. The summed E-state index contributed by atoms with van der Waals surface area (Å²) < 4.78 is 40.0. The molecule has 1 N–H and O–H groups in total. The van der Waals surface area contributed by atoms with E-state index in [9.17, 15) is 13.2 Å². The Balaban J connectivity index is 2.31. The molecule has 0 spiro atoms. The van der Waals surface area contributed by atoms with Crippen molar-refractivity contribution in [2.24, 2.45) is 0 Å². The van der Waals surface area contributed by atoms with Gasteiger partial charge >= 0.3 is 6.36 Å². The van der Waals surface area contributed by atoms with Gasteiger partial charge in [0.1, 0.15) is 11.5 Å². The van der Waals surface area contributed by atoms with Crippen molar-refractivity contribution in [2.45, 2.75) is 6.36 Å². The molecule has 2 nitrogen and oxygen atoms in total. The van der Waals surface area contributed by atoms with Gasteiger partial charge in [0.05, 0.1) is 5.02 Å². The number of aromatic hydroxyl groups is 1. The van der Waals surface area contributed by atoms with Crippen molar-refractivity contribution in [2.75, 3.05) is 0 Å². The van der Waals surface area contributed by atoms with E-state index in [0.29, 0.717) is 5.56 Å². The molecule has 19 heavy (non-hydrogen) atoms. The molecule has 100 valence electrons. The fourth-order valence-electron chi connectivity index (χ4n) is 1.54. The van der Waals surface area contributed by atoms with Gasteiger partial charge in [-0.25, -0.2) is 0 Å². The van der Waals surface area contributed by atoms with Gasteiger partial charge in [0.25, 0.3) is 0 Å². The molecule has 2 aromatic rings. The van der Waals surface area contributed by atoms with Crippen LogP contribution in [0.2, 0.25) is 5.02 Å². The van der Waals surface area contributed by atoms with E-state index < -0.39 is 12.1 Å². The number of hydrogen-bond donors (Lipinski definition) is 1. The van der Waals surface area contributed by atoms with E-state index in [-0.39, 0.29) is 10.8 Å². The molecular formula is C13H8ClF3O2. The van der Waals surface area contributed by atoms with Gasteiger partial charge in [0, 0.05) is 0 Å². The molecule has 0 fully saturated rings. The Hall–Kier alpha value is -1.88. The Morgan fingerprint density at radius 1 is 0.947 bits per heavy atom. The molecule has 0 heterocycles. The monoisotopic (exact) mass is 288 g/mol. The minimum atomic E-state index is -4.77. The normalized spacial score (nSPS) is 11.4. The van der Waals surface area contributed by atoms with Crippen molar-refractivity contribution >= 4 is 11.6 Å². The van der Waals surface area contributed by atoms with Crippen LogP contribution < -0.4 is 4.74 Å². The predicted octanol–water partition coefficient (Wildman–Crippen LogP) is 4.61. The van der Waals surface area contributed by atoms with Gasteiger partial charge in [-0.05, 0) is 35.4 Å². The molecule has 2 aromatic carbocycles. The van der Waals surface area contributed by atoms with Crippen LogP contribution in [-0.4, -0.2) is 11.5 Å². The predicted molar refractivity (Wildman–Crippen MR) is 65.2 cm³/mol. The largest absolute Gasteiger partial charge is 0.573 e. The molecule has 0 saturated carbocycles. The first kappa shape index (κ1) is 13.5. The van der Waals surface area contributed by atoms with Gasteiger partial charge < -0.3 is 9.84 Å². The lowest BCUT2D eigenvalue weighted by atomic mass is 10.1. The van der Waals surface area contributed by atoms with Gasteiger partial charge in [-0.2, -0.15) is 0 Å². The molecule has 0 radical (unpaired) electrons. The third-order valence-electron chi connectivity index (χ3n) is 2.36. The van der Waals surface area contributed by atoms with E-state index in [1.807, 2.05) is 0 Å². The molecule has 0 unspecified atom stereocenters. The number of phenols is 1. The highest BCUT2D eigenvalue weighted by Crippen LogP contribution is 2.34. The van der Waals surface area contributed by atoms with Crippen LogP contribution in [-0.2, 0) is 0 Å². The van der Waals surface area contributed by atoms with Gasteiger partial charge in [0.15, 0.2) is 0 Å². The van der Waals surface area contributed by atoms with Crippen LogP contribution in [0.1, 0.15) is 0 Å². The van der Waals surface area contributed by atoms with Crippen LogP contribution in [0.4, 0.5) is 13.2 Å². The Morgan fingerprint density at radius 3 is 2.05 bits per heavy atom. The van der Waals surface area contributed by atoms with Crippen LogP contribution in [0, 0.1) is 0 Å². The highest BCUT2D eigenvalue weighted by molar-refractivity contribution is 6.32. The first-order valence-corrected chi connectivity index (χ1v) is 5.58. The maximum Gasteiger partial charge on any atom is 0.573 e. The van der Waals surface area contributed by atoms with Crippen molar-refractivity contribution < 1.29 is 23.0 Å². The van der Waals surface area contributed by atoms with Crippen molar-refractivity contribution in [3.8, 4) is 22.6 Å². The SMILES string of the molecule is Oc1ccc(-c2ccc(OC(F)(F)F)c(Cl)c2)cc1. The van der Waals surface area contributed by atoms with E-state index in [1.54, 1.807) is 12.1 Å². The standard InChI is InChI=1S/C13H8ClF3O2/c14-11-7-9(8-1-4-10(18)5-2-8)3-6-12(11)19-13(15,16)17/h1-7,18H. The second-order valence-corrected chi connectivity index (χ2v) is 4.15. The second kappa shape index (κ2) is 5.01. The van der Waals surface area contributed by atoms with E-state index in [2.05, 4.69) is 4.74 Å². The van der Waals surface area contributed by atoms with Crippen molar-refractivity contribution in [3.05, 3.63) is 47.5 Å². The lowest BCUT2D eigenvalue weighted by Crippen LogP contribution is -2.17. The van der Waals surface area contributed by atoms with Gasteiger partial charge in [-0.3, -0.25) is 0 Å². The molecule has 6 heteroatoms. The molecule has 0 amide bonds. The molecule has 0 atom stereocenters. The third kappa shape index (κ3) is 3.54. The smallest absolute Gasteiger partial charge is 0.508 e. The van der Waals surface area contributed by atoms with E-state index >= 15 is 0 Å². The quantitative estimate of drug-likeness (QED) is 0.874. The zero-order valence-electron chi connectivity index (χ0n) is 9.41. The zero-order chi connectivity index (χ0) is 14.0. The summed E-state index contributed by atoms with van der Waals surface area (Å²) in [6.07, 6.45) is -4.77. The van der Waals surface area contributed by atoms with Crippen molar-refractivity contribution in [1.29, 1.82) is 0 Å². The highest BCUT2D eigenvalue weighted by atomic mass is 35.5. The molecular weight excluding hydrogens is 281 g/mol. The van der Waals surface area contributed by atoms with Gasteiger partial charge in [-0.1, -0.05) is 29.8 Å². The second-order valence-electron chi connectivity index (χ2n) is 3.74. The Morgan fingerprint density at radius 2 is 1.53 bits per heavy atom. The number of phenolic OH excluding ortho intramolecular Hbond substituents is 1. The number of ether oxygens (including phenoxy) is 1. The molecule has 0 aromatic heterocycles. The number of hydrogen-bond acceptors (Lipinski definition) is 2. The first-order chi connectivity index (χ1) is 8.85. The molecule has 0 saturated heterocycles. The number of rotatable bonds is 2. The summed E-state index contributed by atoms with van der Waals surface area (Å²) in [4.78, 5) is 0. The summed E-state index contributed by atoms with van der Waals surface area (Å²) in [5.74, 6) is -0.344. The van der Waals surface area contributed by atoms with Crippen LogP contribution in [0.15, 0.2) is 42.5 Å². The summed E-state index contributed by atoms with van der Waals surface area (Å²) in [6.45, 7) is 0. The number of benzene rings is 2. The van der Waals surface area contributed by atoms with Crippen LogP contribution in [0.5, 0.6) is 11.5 Å². The molecule has 0 aliphatic heterocycles. The molecule has 0 aliphatic rings. The molecule has 0 aliphatic carbocycles. The average Bonchev–Trinajstić information content (AvgIpc) is 2.31. The summed E-state index contributed by atoms with van der Waals surface area (Å²) in [5.41, 5.74) is 1.35. The van der Waals surface area contributed by atoms with Crippen LogP contribution >= 0.6 is 11.6 Å². The fraction of sp³-hybridized carbons (Fsp3) is 0.0769. The van der Waals surface area contributed by atoms with Crippen LogP contribution in [0.3, 0.4) is 0 Å². The van der Waals surface area contributed by atoms with E-state index in [0.717, 1.165) is 11.6 Å². The van der Waals surface area contributed by atoms with Crippen molar-refractivity contribution in [1.82, 2.24) is 0 Å². The maximum absolute atomic E-state index is 12.1. The number of alkyl halides is 3. The van der Waals surface area contributed by atoms with E-state index in [4.69, 9.17) is 16.7 Å². The molecule has 0 bridgehead atoms. The maximum atomic E-state index is 12.1. The number of halogens is 4. The van der Waals surface area contributed by atoms with Crippen molar-refractivity contribution in [3.63, 3.8) is 0 Å². The Bertz CT molecular complexity index is 579. The summed E-state index contributed by atoms with van der Waals surface area (Å²) in [5, 5.41) is 9.02. The Kier molecular flexibility index (Phi) is 3.57. The fourth-order valence-corrected chi connectivity index (χ4v) is 1.76. The van der Waals surface area contributed by atoms with Gasteiger partial charge in [0.2, 0.25) is 0 Å². The molecule has 2 rings (SSSR count). The minimum Gasteiger partial charge on any atom is -0.508 e. The topological polar surface area (TPSA) is 29.5 Å². The summed E-state index contributed by atoms with van der Waals surface area (Å²) in [7, 11) is 0. The average molecular weight is 289 g/mol. The summed E-state index contributed by atoms with van der Waals surface area (Å²) in [6, 6.07) is 10.2. The summed E-state index contributed by atoms with van der Waals surface area (Å²) >= 11 is 5.74. The van der Waals surface area contributed by atoms with Gasteiger partial charge in [-0.15, -0.1) is 13.2 Å². The lowest BCUT2D eigenvalue weighted by Gasteiger charge is -2.11. The first-order valence-electron chi connectivity index (χ1n) is 5.20. The third-order valence-corrected chi connectivity index (χ3v) is 2.65. The zero-order valence-corrected chi connectivity index (χ0v) is 10.2. The minimum absolute atomic E-state index is 0.104. The van der Waals surface area contributed by atoms with Crippen LogP contribution in [0.25, 0.3) is 11.1 Å². The Labute approximate surface area is 112 Å².